The molecule has 1 aromatic carbocycles. The number of hydrogen-bond donors (Lipinski definition) is 1. The van der Waals surface area contributed by atoms with E-state index in [2.05, 4.69) is 53.5 Å². The van der Waals surface area contributed by atoms with Crippen molar-refractivity contribution in [2.24, 2.45) is 5.73 Å². The number of aryl methyl sites for hydroxylation is 1. The lowest BCUT2D eigenvalue weighted by Crippen LogP contribution is -2.21. The summed E-state index contributed by atoms with van der Waals surface area (Å²) in [5.74, 6) is 0. The van der Waals surface area contributed by atoms with E-state index in [0.717, 1.165) is 23.7 Å². The second-order valence-corrected chi connectivity index (χ2v) is 5.85. The van der Waals surface area contributed by atoms with Gasteiger partial charge in [-0.3, -0.25) is 0 Å². The van der Waals surface area contributed by atoms with Crippen molar-refractivity contribution in [3.8, 4) is 0 Å². The Hall–Kier alpha value is -1.39. The van der Waals surface area contributed by atoms with Crippen molar-refractivity contribution in [2.75, 3.05) is 11.9 Å². The van der Waals surface area contributed by atoms with E-state index in [1.165, 1.54) is 11.3 Å². The number of nitrogens with zero attached hydrogens (tertiary/aromatic N) is 2. The summed E-state index contributed by atoms with van der Waals surface area (Å²) in [5.41, 5.74) is 9.71. The molecule has 0 fully saturated rings. The van der Waals surface area contributed by atoms with Gasteiger partial charge in [0.25, 0.3) is 0 Å². The monoisotopic (exact) mass is 275 g/mol. The molecule has 19 heavy (non-hydrogen) atoms. The molecule has 1 aromatic heterocycles. The first-order valence-electron chi connectivity index (χ1n) is 6.58. The Labute approximate surface area is 119 Å². The Bertz CT molecular complexity index is 536. The van der Waals surface area contributed by atoms with Crippen LogP contribution in [0, 0.1) is 6.92 Å². The summed E-state index contributed by atoms with van der Waals surface area (Å²) in [4.78, 5) is 6.74. The van der Waals surface area contributed by atoms with E-state index in [4.69, 9.17) is 5.73 Å². The Morgan fingerprint density at radius 1 is 1.37 bits per heavy atom. The molecular formula is C15H21N3S. The van der Waals surface area contributed by atoms with E-state index >= 15 is 0 Å². The predicted molar refractivity (Wildman–Crippen MR) is 82.6 cm³/mol. The molecule has 4 heteroatoms. The van der Waals surface area contributed by atoms with Crippen molar-refractivity contribution in [3.05, 3.63) is 45.9 Å². The van der Waals surface area contributed by atoms with Gasteiger partial charge in [-0.05, 0) is 25.0 Å². The molecule has 0 saturated carbocycles. The summed E-state index contributed by atoms with van der Waals surface area (Å²) in [7, 11) is 2.09. The third kappa shape index (κ3) is 3.33. The normalized spacial score (nSPS) is 12.4. The molecule has 0 amide bonds. The zero-order valence-corrected chi connectivity index (χ0v) is 12.6. The first-order chi connectivity index (χ1) is 9.11. The van der Waals surface area contributed by atoms with Crippen molar-refractivity contribution in [1.29, 1.82) is 0 Å². The summed E-state index contributed by atoms with van der Waals surface area (Å²) < 4.78 is 0. The van der Waals surface area contributed by atoms with Crippen LogP contribution in [0.25, 0.3) is 0 Å². The number of rotatable bonds is 5. The van der Waals surface area contributed by atoms with Crippen LogP contribution in [0.1, 0.15) is 35.7 Å². The van der Waals surface area contributed by atoms with Crippen molar-refractivity contribution < 1.29 is 0 Å². The average molecular weight is 275 g/mol. The lowest BCUT2D eigenvalue weighted by atomic mass is 10.0. The van der Waals surface area contributed by atoms with Crippen LogP contribution in [0.4, 0.5) is 5.69 Å². The Balaban J connectivity index is 2.21. The van der Waals surface area contributed by atoms with Crippen molar-refractivity contribution in [2.45, 2.75) is 32.9 Å². The second-order valence-electron chi connectivity index (χ2n) is 4.79. The molecule has 2 aromatic rings. The maximum atomic E-state index is 6.19. The topological polar surface area (TPSA) is 42.1 Å². The lowest BCUT2D eigenvalue weighted by Gasteiger charge is -2.24. The maximum absolute atomic E-state index is 6.19. The highest BCUT2D eigenvalue weighted by molar-refractivity contribution is 7.09. The zero-order chi connectivity index (χ0) is 13.8. The fourth-order valence-corrected chi connectivity index (χ4v) is 2.78. The highest BCUT2D eigenvalue weighted by atomic mass is 32.1. The van der Waals surface area contributed by atoms with E-state index in [-0.39, 0.29) is 6.04 Å². The van der Waals surface area contributed by atoms with Crippen molar-refractivity contribution >= 4 is 17.0 Å². The third-order valence-corrected chi connectivity index (χ3v) is 4.08. The van der Waals surface area contributed by atoms with Gasteiger partial charge in [0.05, 0.1) is 17.2 Å². The molecule has 0 aliphatic carbocycles. The molecular weight excluding hydrogens is 254 g/mol. The lowest BCUT2D eigenvalue weighted by molar-refractivity contribution is 0.693. The molecule has 1 atom stereocenters. The molecule has 0 bridgehead atoms. The average Bonchev–Trinajstić information content (AvgIpc) is 2.83. The van der Waals surface area contributed by atoms with Crippen LogP contribution in [0.5, 0.6) is 0 Å². The van der Waals surface area contributed by atoms with E-state index in [1.54, 1.807) is 11.3 Å². The van der Waals surface area contributed by atoms with Crippen molar-refractivity contribution in [3.63, 3.8) is 0 Å². The molecule has 0 radical (unpaired) electrons. The third-order valence-electron chi connectivity index (χ3n) is 3.25. The number of nitrogens with two attached hydrogens (primary N) is 1. The molecule has 0 saturated heterocycles. The van der Waals surface area contributed by atoms with Gasteiger partial charge in [-0.25, -0.2) is 4.98 Å². The summed E-state index contributed by atoms with van der Waals surface area (Å²) in [5, 5.41) is 3.23. The van der Waals surface area contributed by atoms with E-state index in [1.807, 2.05) is 6.92 Å². The summed E-state index contributed by atoms with van der Waals surface area (Å²) in [6.07, 6.45) is 0.945. The van der Waals surface area contributed by atoms with Crippen LogP contribution in [0.2, 0.25) is 0 Å². The summed E-state index contributed by atoms with van der Waals surface area (Å²) in [6, 6.07) is 8.45. The number of anilines is 1. The van der Waals surface area contributed by atoms with Gasteiger partial charge in [-0.1, -0.05) is 25.1 Å². The molecule has 102 valence electrons. The van der Waals surface area contributed by atoms with Gasteiger partial charge >= 0.3 is 0 Å². The minimum Gasteiger partial charge on any atom is -0.368 e. The van der Waals surface area contributed by atoms with Gasteiger partial charge in [-0.2, -0.15) is 0 Å². The molecule has 2 rings (SSSR count). The number of aromatic nitrogens is 1. The molecule has 0 aliphatic heterocycles. The summed E-state index contributed by atoms with van der Waals surface area (Å²) >= 11 is 1.69. The Morgan fingerprint density at radius 3 is 2.74 bits per heavy atom. The van der Waals surface area contributed by atoms with E-state index in [0.29, 0.717) is 0 Å². The van der Waals surface area contributed by atoms with Crippen LogP contribution in [0.3, 0.4) is 0 Å². The first-order valence-corrected chi connectivity index (χ1v) is 7.46. The van der Waals surface area contributed by atoms with Crippen LogP contribution >= 0.6 is 11.3 Å². The van der Waals surface area contributed by atoms with Crippen LogP contribution in [0.15, 0.2) is 29.6 Å². The van der Waals surface area contributed by atoms with E-state index in [9.17, 15) is 0 Å². The molecule has 0 aliphatic rings. The number of thiazole rings is 1. The smallest absolute Gasteiger partial charge is 0.0898 e. The molecule has 0 unspecified atom stereocenters. The molecule has 3 nitrogen and oxygen atoms in total. The van der Waals surface area contributed by atoms with E-state index < -0.39 is 0 Å². The number of para-hydroxylation sites is 1. The maximum Gasteiger partial charge on any atom is 0.0898 e. The first kappa shape index (κ1) is 14.0. The summed E-state index contributed by atoms with van der Waals surface area (Å²) in [6.45, 7) is 4.97. The van der Waals surface area contributed by atoms with Crippen LogP contribution < -0.4 is 10.6 Å². The van der Waals surface area contributed by atoms with Gasteiger partial charge < -0.3 is 10.6 Å². The number of hydrogen-bond acceptors (Lipinski definition) is 4. The number of benzene rings is 1. The molecule has 0 spiro atoms. The van der Waals surface area contributed by atoms with Crippen LogP contribution in [-0.4, -0.2) is 12.0 Å². The quantitative estimate of drug-likeness (QED) is 0.908. The standard InChI is InChI=1S/C15H21N3S/c1-4-14(16)13-7-5-6-8-15(13)18(3)9-12-10-19-11(2)17-12/h5-8,10,14H,4,9,16H2,1-3H3/t14-/m0/s1. The SMILES string of the molecule is CC[C@H](N)c1ccccc1N(C)Cc1csc(C)n1. The minimum atomic E-state index is 0.0934. The van der Waals surface area contributed by atoms with Crippen LogP contribution in [-0.2, 0) is 6.54 Å². The van der Waals surface area contributed by atoms with Crippen molar-refractivity contribution in [1.82, 2.24) is 4.98 Å². The highest BCUT2D eigenvalue weighted by Crippen LogP contribution is 2.27. The predicted octanol–water partition coefficient (Wildman–Crippen LogP) is 3.50. The second kappa shape index (κ2) is 6.17. The van der Waals surface area contributed by atoms with Gasteiger partial charge in [-0.15, -0.1) is 11.3 Å². The fraction of sp³-hybridized carbons (Fsp3) is 0.400. The van der Waals surface area contributed by atoms with Gasteiger partial charge in [0.1, 0.15) is 0 Å². The molecule has 2 N–H and O–H groups in total. The highest BCUT2D eigenvalue weighted by Gasteiger charge is 2.13. The fourth-order valence-electron chi connectivity index (χ4n) is 2.18. The van der Waals surface area contributed by atoms with Gasteiger partial charge in [0.2, 0.25) is 0 Å². The van der Waals surface area contributed by atoms with Gasteiger partial charge in [0.15, 0.2) is 0 Å². The Morgan fingerprint density at radius 2 is 2.11 bits per heavy atom. The zero-order valence-electron chi connectivity index (χ0n) is 11.8. The Kier molecular flexibility index (Phi) is 4.56. The molecule has 1 heterocycles. The minimum absolute atomic E-state index is 0.0934. The largest absolute Gasteiger partial charge is 0.368 e. The van der Waals surface area contributed by atoms with Gasteiger partial charge in [0, 0.05) is 24.2 Å².